The average molecular weight is 232 g/mol. The molecule has 1 aromatic rings. The van der Waals surface area contributed by atoms with E-state index < -0.39 is 0 Å². The van der Waals surface area contributed by atoms with E-state index >= 15 is 0 Å². The van der Waals surface area contributed by atoms with Crippen LogP contribution in [0, 0.1) is 0 Å². The molecule has 1 saturated carbocycles. The van der Waals surface area contributed by atoms with Crippen molar-refractivity contribution in [3.63, 3.8) is 0 Å². The van der Waals surface area contributed by atoms with Gasteiger partial charge >= 0.3 is 0 Å². The fraction of sp³-hybridized carbons (Fsp3) is 0.583. The molecule has 17 heavy (non-hydrogen) atoms. The maximum absolute atomic E-state index is 11.7. The fourth-order valence-electron chi connectivity index (χ4n) is 2.16. The van der Waals surface area contributed by atoms with Crippen LogP contribution >= 0.6 is 0 Å². The maximum Gasteiger partial charge on any atom is 0.234 e. The lowest BCUT2D eigenvalue weighted by atomic mass is 10.1. The lowest BCUT2D eigenvalue weighted by Gasteiger charge is -2.26. The van der Waals surface area contributed by atoms with E-state index in [1.54, 1.807) is 6.33 Å². The Hall–Kier alpha value is -1.49. The van der Waals surface area contributed by atoms with Gasteiger partial charge in [0.2, 0.25) is 5.91 Å². The molecular weight excluding hydrogens is 216 g/mol. The second-order valence-electron chi connectivity index (χ2n) is 4.80. The topological polar surface area (TPSA) is 58.1 Å². The third-order valence-electron chi connectivity index (χ3n) is 3.25. The van der Waals surface area contributed by atoms with E-state index in [-0.39, 0.29) is 5.91 Å². The zero-order chi connectivity index (χ0) is 11.7. The van der Waals surface area contributed by atoms with E-state index in [4.69, 9.17) is 0 Å². The van der Waals surface area contributed by atoms with E-state index in [2.05, 4.69) is 20.2 Å². The molecule has 5 nitrogen and oxygen atoms in total. The highest BCUT2D eigenvalue weighted by Gasteiger charge is 2.25. The quantitative estimate of drug-likeness (QED) is 0.804. The first-order valence-electron chi connectivity index (χ1n) is 6.11. The number of nitrogens with one attached hydrogen (secondary N) is 1. The summed E-state index contributed by atoms with van der Waals surface area (Å²) in [6, 6.07) is 0.447. The van der Waals surface area contributed by atoms with Gasteiger partial charge in [-0.25, -0.2) is 9.97 Å². The molecule has 1 amide bonds. The molecule has 1 fully saturated rings. The van der Waals surface area contributed by atoms with Gasteiger partial charge in [0.1, 0.15) is 6.33 Å². The van der Waals surface area contributed by atoms with Crippen molar-refractivity contribution in [2.45, 2.75) is 31.8 Å². The molecule has 3 rings (SSSR count). The SMILES string of the molecule is O=C(CN1CCc2ncncc2C1)NC1CC1. The molecule has 0 radical (unpaired) electrons. The van der Waals surface area contributed by atoms with Crippen molar-refractivity contribution in [2.24, 2.45) is 0 Å². The molecule has 1 N–H and O–H groups in total. The number of rotatable bonds is 3. The summed E-state index contributed by atoms with van der Waals surface area (Å²) < 4.78 is 0. The van der Waals surface area contributed by atoms with Gasteiger partial charge in [0, 0.05) is 43.0 Å². The highest BCUT2D eigenvalue weighted by Crippen LogP contribution is 2.19. The van der Waals surface area contributed by atoms with Crippen LogP contribution in [0.1, 0.15) is 24.1 Å². The summed E-state index contributed by atoms with van der Waals surface area (Å²) >= 11 is 0. The molecule has 1 aromatic heterocycles. The minimum atomic E-state index is 0.146. The second-order valence-corrected chi connectivity index (χ2v) is 4.80. The smallest absolute Gasteiger partial charge is 0.234 e. The highest BCUT2D eigenvalue weighted by atomic mass is 16.2. The van der Waals surface area contributed by atoms with Gasteiger partial charge in [-0.1, -0.05) is 0 Å². The maximum atomic E-state index is 11.7. The van der Waals surface area contributed by atoms with Gasteiger partial charge in [0.05, 0.1) is 6.54 Å². The number of fused-ring (bicyclic) bond motifs is 1. The predicted octanol–water partition coefficient (Wildman–Crippen LogP) is 0.113. The Morgan fingerprint density at radius 1 is 1.53 bits per heavy atom. The average Bonchev–Trinajstić information content (AvgIpc) is 3.12. The summed E-state index contributed by atoms with van der Waals surface area (Å²) in [4.78, 5) is 22.1. The third-order valence-corrected chi connectivity index (χ3v) is 3.25. The monoisotopic (exact) mass is 232 g/mol. The zero-order valence-electron chi connectivity index (χ0n) is 9.72. The van der Waals surface area contributed by atoms with Gasteiger partial charge in [-0.05, 0) is 12.8 Å². The van der Waals surface area contributed by atoms with Gasteiger partial charge in [0.15, 0.2) is 0 Å². The third kappa shape index (κ3) is 2.61. The molecule has 0 unspecified atom stereocenters. The Balaban J connectivity index is 1.57. The Morgan fingerprint density at radius 2 is 2.41 bits per heavy atom. The Morgan fingerprint density at radius 3 is 3.24 bits per heavy atom. The van der Waals surface area contributed by atoms with Crippen LogP contribution in [0.2, 0.25) is 0 Å². The number of aromatic nitrogens is 2. The molecule has 1 aliphatic heterocycles. The lowest BCUT2D eigenvalue weighted by molar-refractivity contribution is -0.122. The van der Waals surface area contributed by atoms with E-state index in [0.717, 1.165) is 43.6 Å². The summed E-state index contributed by atoms with van der Waals surface area (Å²) in [7, 11) is 0. The minimum Gasteiger partial charge on any atom is -0.352 e. The van der Waals surface area contributed by atoms with E-state index in [9.17, 15) is 4.79 Å². The summed E-state index contributed by atoms with van der Waals surface area (Å²) in [5.74, 6) is 0.146. The number of nitrogens with zero attached hydrogens (tertiary/aromatic N) is 3. The number of amides is 1. The van der Waals surface area contributed by atoms with Crippen molar-refractivity contribution in [1.29, 1.82) is 0 Å². The van der Waals surface area contributed by atoms with Gasteiger partial charge in [-0.15, -0.1) is 0 Å². The zero-order valence-corrected chi connectivity index (χ0v) is 9.72. The van der Waals surface area contributed by atoms with Crippen LogP contribution in [0.4, 0.5) is 0 Å². The van der Waals surface area contributed by atoms with Crippen LogP contribution in [0.15, 0.2) is 12.5 Å². The standard InChI is InChI=1S/C12H16N4O/c17-12(15-10-1-2-10)7-16-4-3-11-9(6-16)5-13-8-14-11/h5,8,10H,1-4,6-7H2,(H,15,17). The molecule has 2 aliphatic rings. The summed E-state index contributed by atoms with van der Waals surface area (Å²) in [6.45, 7) is 2.18. The van der Waals surface area contributed by atoms with Gasteiger partial charge in [-0.3, -0.25) is 9.69 Å². The van der Waals surface area contributed by atoms with Gasteiger partial charge < -0.3 is 5.32 Å². The minimum absolute atomic E-state index is 0.146. The molecule has 5 heteroatoms. The van der Waals surface area contributed by atoms with Crippen molar-refractivity contribution in [3.8, 4) is 0 Å². The van der Waals surface area contributed by atoms with Gasteiger partial charge in [-0.2, -0.15) is 0 Å². The second kappa shape index (κ2) is 4.41. The number of hydrogen-bond donors (Lipinski definition) is 1. The first-order valence-corrected chi connectivity index (χ1v) is 6.11. The number of carbonyl (C=O) groups is 1. The first kappa shape index (κ1) is 10.7. The van der Waals surface area contributed by atoms with Crippen molar-refractivity contribution in [3.05, 3.63) is 23.8 Å². The van der Waals surface area contributed by atoms with E-state index in [0.29, 0.717) is 12.6 Å². The van der Waals surface area contributed by atoms with Crippen LogP contribution in [0.5, 0.6) is 0 Å². The Labute approximate surface area is 100 Å². The molecule has 0 spiro atoms. The molecular formula is C12H16N4O. The van der Waals surface area contributed by atoms with Crippen molar-refractivity contribution in [2.75, 3.05) is 13.1 Å². The van der Waals surface area contributed by atoms with Crippen LogP contribution in [0.3, 0.4) is 0 Å². The lowest BCUT2D eigenvalue weighted by Crippen LogP contribution is -2.40. The molecule has 90 valence electrons. The van der Waals surface area contributed by atoms with Crippen molar-refractivity contribution in [1.82, 2.24) is 20.2 Å². The van der Waals surface area contributed by atoms with Crippen molar-refractivity contribution < 1.29 is 4.79 Å². The summed E-state index contributed by atoms with van der Waals surface area (Å²) in [5.41, 5.74) is 2.27. The number of carbonyl (C=O) groups excluding carboxylic acids is 1. The van der Waals surface area contributed by atoms with Crippen LogP contribution in [-0.4, -0.2) is 39.9 Å². The highest BCUT2D eigenvalue weighted by molar-refractivity contribution is 5.78. The van der Waals surface area contributed by atoms with Crippen LogP contribution in [-0.2, 0) is 17.8 Å². The molecule has 0 atom stereocenters. The Bertz CT molecular complexity index is 430. The largest absolute Gasteiger partial charge is 0.352 e. The normalized spacial score (nSPS) is 19.8. The first-order chi connectivity index (χ1) is 8.31. The molecule has 0 aromatic carbocycles. The van der Waals surface area contributed by atoms with Crippen LogP contribution < -0.4 is 5.32 Å². The molecule has 0 bridgehead atoms. The van der Waals surface area contributed by atoms with E-state index in [1.807, 2.05) is 6.20 Å². The van der Waals surface area contributed by atoms with E-state index in [1.165, 1.54) is 0 Å². The predicted molar refractivity (Wildman–Crippen MR) is 62.2 cm³/mol. The summed E-state index contributed by atoms with van der Waals surface area (Å²) in [5, 5.41) is 3.01. The number of hydrogen-bond acceptors (Lipinski definition) is 4. The van der Waals surface area contributed by atoms with Gasteiger partial charge in [0.25, 0.3) is 0 Å². The molecule has 2 heterocycles. The van der Waals surface area contributed by atoms with Crippen LogP contribution in [0.25, 0.3) is 0 Å². The summed E-state index contributed by atoms with van der Waals surface area (Å²) in [6.07, 6.45) is 6.64. The molecule has 1 aliphatic carbocycles. The van der Waals surface area contributed by atoms with Crippen molar-refractivity contribution >= 4 is 5.91 Å². The fourth-order valence-corrected chi connectivity index (χ4v) is 2.16. The molecule has 0 saturated heterocycles. The Kier molecular flexibility index (Phi) is 2.76.